The summed E-state index contributed by atoms with van der Waals surface area (Å²) < 4.78 is 10.1. The number of rotatable bonds is 8. The van der Waals surface area contributed by atoms with E-state index in [1.807, 2.05) is 13.0 Å². The molecule has 0 aliphatic heterocycles. The molecule has 7 heteroatoms. The van der Waals surface area contributed by atoms with Gasteiger partial charge in [0.2, 0.25) is 0 Å². The smallest absolute Gasteiger partial charge is 0.329 e. The van der Waals surface area contributed by atoms with E-state index >= 15 is 0 Å². The zero-order chi connectivity index (χ0) is 15.0. The molecule has 0 bridgehead atoms. The minimum Gasteiger partial charge on any atom is -0.482 e. The summed E-state index contributed by atoms with van der Waals surface area (Å²) in [4.78, 5) is 21.6. The second kappa shape index (κ2) is 8.39. The second-order valence-electron chi connectivity index (χ2n) is 4.02. The predicted molar refractivity (Wildman–Crippen MR) is 73.1 cm³/mol. The lowest BCUT2D eigenvalue weighted by molar-refractivity contribution is -0.142. The highest BCUT2D eigenvalue weighted by molar-refractivity contribution is 6.32. The molecule has 1 rings (SSSR count). The zero-order valence-corrected chi connectivity index (χ0v) is 11.8. The van der Waals surface area contributed by atoms with Crippen LogP contribution in [0.2, 0.25) is 5.02 Å². The predicted octanol–water partition coefficient (Wildman–Crippen LogP) is 1.24. The van der Waals surface area contributed by atoms with Crippen LogP contribution < -0.4 is 10.1 Å². The largest absolute Gasteiger partial charge is 0.482 e. The fourth-order valence-electron chi connectivity index (χ4n) is 1.34. The summed E-state index contributed by atoms with van der Waals surface area (Å²) in [6, 6.07) is 5.28. The molecule has 0 aromatic heterocycles. The Morgan fingerprint density at radius 1 is 1.35 bits per heavy atom. The highest BCUT2D eigenvalue weighted by Gasteiger charge is 2.06. The fraction of sp³-hybridized carbons (Fsp3) is 0.385. The van der Waals surface area contributed by atoms with Gasteiger partial charge in [0.25, 0.3) is 5.91 Å². The van der Waals surface area contributed by atoms with Crippen molar-refractivity contribution in [3.8, 4) is 5.75 Å². The van der Waals surface area contributed by atoms with Gasteiger partial charge in [-0.05, 0) is 24.6 Å². The Bertz CT molecular complexity index is 478. The van der Waals surface area contributed by atoms with E-state index < -0.39 is 5.97 Å². The lowest BCUT2D eigenvalue weighted by Crippen LogP contribution is -2.32. The van der Waals surface area contributed by atoms with Gasteiger partial charge < -0.3 is 19.9 Å². The molecule has 2 N–H and O–H groups in total. The van der Waals surface area contributed by atoms with E-state index in [1.54, 1.807) is 12.1 Å². The van der Waals surface area contributed by atoms with Crippen LogP contribution in [-0.2, 0) is 14.3 Å². The van der Waals surface area contributed by atoms with Crippen LogP contribution in [0.15, 0.2) is 18.2 Å². The number of aryl methyl sites for hydroxylation is 1. The molecule has 1 aromatic carbocycles. The van der Waals surface area contributed by atoms with E-state index in [0.717, 1.165) is 5.56 Å². The number of carboxylic acid groups (broad SMARTS) is 1. The lowest BCUT2D eigenvalue weighted by Gasteiger charge is -2.09. The molecular weight excluding hydrogens is 286 g/mol. The van der Waals surface area contributed by atoms with Crippen LogP contribution in [0.1, 0.15) is 5.56 Å². The number of carbonyl (C=O) groups excluding carboxylic acids is 1. The van der Waals surface area contributed by atoms with Crippen molar-refractivity contribution < 1.29 is 24.2 Å². The van der Waals surface area contributed by atoms with E-state index in [2.05, 4.69) is 5.32 Å². The van der Waals surface area contributed by atoms with Gasteiger partial charge in [-0.1, -0.05) is 17.7 Å². The molecule has 0 fully saturated rings. The number of nitrogens with one attached hydrogen (secondary N) is 1. The first kappa shape index (κ1) is 16.3. The number of carboxylic acids is 1. The molecule has 0 saturated heterocycles. The third-order valence-electron chi connectivity index (χ3n) is 2.24. The van der Waals surface area contributed by atoms with Gasteiger partial charge >= 0.3 is 5.97 Å². The molecule has 20 heavy (non-hydrogen) atoms. The summed E-state index contributed by atoms with van der Waals surface area (Å²) in [5, 5.41) is 11.3. The van der Waals surface area contributed by atoms with Crippen molar-refractivity contribution in [3.63, 3.8) is 0 Å². The van der Waals surface area contributed by atoms with Crippen LogP contribution in [0.4, 0.5) is 0 Å². The standard InChI is InChI=1S/C13H16ClNO5/c1-9-2-3-10(14)11(6-9)20-7-12(16)15-4-5-19-8-13(17)18/h2-3,6H,4-5,7-8H2,1H3,(H,15,16)(H,17,18). The van der Waals surface area contributed by atoms with Crippen LogP contribution in [0, 0.1) is 6.92 Å². The summed E-state index contributed by atoms with van der Waals surface area (Å²) in [5.74, 6) is -0.931. The molecule has 110 valence electrons. The van der Waals surface area contributed by atoms with Gasteiger partial charge in [0.1, 0.15) is 12.4 Å². The van der Waals surface area contributed by atoms with Crippen molar-refractivity contribution in [2.24, 2.45) is 0 Å². The number of carbonyl (C=O) groups is 2. The first-order valence-electron chi connectivity index (χ1n) is 5.94. The summed E-state index contributed by atoms with van der Waals surface area (Å²) in [5.41, 5.74) is 0.979. The SMILES string of the molecule is Cc1ccc(Cl)c(OCC(=O)NCCOCC(=O)O)c1. The molecule has 0 atom stereocenters. The average Bonchev–Trinajstić information content (AvgIpc) is 2.39. The summed E-state index contributed by atoms with van der Waals surface area (Å²) in [7, 11) is 0. The molecule has 1 amide bonds. The van der Waals surface area contributed by atoms with Crippen molar-refractivity contribution in [1.82, 2.24) is 5.32 Å². The third-order valence-corrected chi connectivity index (χ3v) is 2.55. The minimum absolute atomic E-state index is 0.128. The normalized spacial score (nSPS) is 10.1. The Labute approximate surface area is 121 Å². The monoisotopic (exact) mass is 301 g/mol. The second-order valence-corrected chi connectivity index (χ2v) is 4.43. The first-order chi connectivity index (χ1) is 9.49. The van der Waals surface area contributed by atoms with Crippen molar-refractivity contribution in [2.75, 3.05) is 26.4 Å². The van der Waals surface area contributed by atoms with Gasteiger partial charge in [0, 0.05) is 6.54 Å². The van der Waals surface area contributed by atoms with E-state index in [0.29, 0.717) is 10.8 Å². The Kier molecular flexibility index (Phi) is 6.83. The number of aliphatic carboxylic acids is 1. The number of amides is 1. The Hall–Kier alpha value is -1.79. The molecule has 0 radical (unpaired) electrons. The Balaban J connectivity index is 2.23. The number of benzene rings is 1. The molecule has 0 heterocycles. The van der Waals surface area contributed by atoms with E-state index in [1.165, 1.54) is 0 Å². The number of hydrogen-bond acceptors (Lipinski definition) is 4. The molecule has 0 aliphatic carbocycles. The number of hydrogen-bond donors (Lipinski definition) is 2. The maximum Gasteiger partial charge on any atom is 0.329 e. The van der Waals surface area contributed by atoms with Gasteiger partial charge in [0.15, 0.2) is 6.61 Å². The van der Waals surface area contributed by atoms with Crippen LogP contribution in [0.3, 0.4) is 0 Å². The molecule has 0 aliphatic rings. The highest BCUT2D eigenvalue weighted by Crippen LogP contribution is 2.24. The number of ether oxygens (including phenoxy) is 2. The topological polar surface area (TPSA) is 84.9 Å². The van der Waals surface area contributed by atoms with E-state index in [-0.39, 0.29) is 32.3 Å². The lowest BCUT2D eigenvalue weighted by atomic mass is 10.2. The molecular formula is C13H16ClNO5. The number of halogens is 1. The first-order valence-corrected chi connectivity index (χ1v) is 6.32. The summed E-state index contributed by atoms with van der Waals surface area (Å²) >= 11 is 5.92. The van der Waals surface area contributed by atoms with Crippen molar-refractivity contribution in [3.05, 3.63) is 28.8 Å². The van der Waals surface area contributed by atoms with Gasteiger partial charge in [-0.2, -0.15) is 0 Å². The maximum absolute atomic E-state index is 11.5. The van der Waals surface area contributed by atoms with Crippen molar-refractivity contribution >= 4 is 23.5 Å². The fourth-order valence-corrected chi connectivity index (χ4v) is 1.51. The van der Waals surface area contributed by atoms with E-state index in [9.17, 15) is 9.59 Å². The van der Waals surface area contributed by atoms with Gasteiger partial charge in [-0.15, -0.1) is 0 Å². The average molecular weight is 302 g/mol. The molecule has 0 saturated carbocycles. The Morgan fingerprint density at radius 3 is 2.80 bits per heavy atom. The van der Waals surface area contributed by atoms with Crippen LogP contribution in [-0.4, -0.2) is 43.3 Å². The maximum atomic E-state index is 11.5. The molecule has 6 nitrogen and oxygen atoms in total. The third kappa shape index (κ3) is 6.40. The van der Waals surface area contributed by atoms with Crippen LogP contribution in [0.5, 0.6) is 5.75 Å². The zero-order valence-electron chi connectivity index (χ0n) is 11.0. The highest BCUT2D eigenvalue weighted by atomic mass is 35.5. The van der Waals surface area contributed by atoms with E-state index in [4.69, 9.17) is 26.2 Å². The van der Waals surface area contributed by atoms with Crippen LogP contribution in [0.25, 0.3) is 0 Å². The minimum atomic E-state index is -1.05. The van der Waals surface area contributed by atoms with Crippen molar-refractivity contribution in [1.29, 1.82) is 0 Å². The van der Waals surface area contributed by atoms with Gasteiger partial charge in [-0.25, -0.2) is 4.79 Å². The molecule has 1 aromatic rings. The van der Waals surface area contributed by atoms with Gasteiger partial charge in [0.05, 0.1) is 11.6 Å². The quantitative estimate of drug-likeness (QED) is 0.706. The Morgan fingerprint density at radius 2 is 2.10 bits per heavy atom. The molecule has 0 unspecified atom stereocenters. The van der Waals surface area contributed by atoms with Crippen LogP contribution >= 0.6 is 11.6 Å². The summed E-state index contributed by atoms with van der Waals surface area (Å²) in [6.07, 6.45) is 0. The van der Waals surface area contributed by atoms with Gasteiger partial charge in [-0.3, -0.25) is 4.79 Å². The van der Waals surface area contributed by atoms with Crippen molar-refractivity contribution in [2.45, 2.75) is 6.92 Å². The molecule has 0 spiro atoms. The summed E-state index contributed by atoms with van der Waals surface area (Å²) in [6.45, 7) is 1.69.